The summed E-state index contributed by atoms with van der Waals surface area (Å²) < 4.78 is 7.32. The third-order valence-electron chi connectivity index (χ3n) is 1.74. The Labute approximate surface area is 56.3 Å². The van der Waals surface area contributed by atoms with Crippen LogP contribution in [0.15, 0.2) is 0 Å². The van der Waals surface area contributed by atoms with Crippen LogP contribution in [-0.2, 0) is 0 Å². The molecule has 0 aliphatic carbocycles. The van der Waals surface area contributed by atoms with Crippen molar-refractivity contribution in [2.75, 3.05) is 13.6 Å². The van der Waals surface area contributed by atoms with E-state index in [1.165, 1.54) is 0 Å². The van der Waals surface area contributed by atoms with Gasteiger partial charge >= 0.3 is 0 Å². The lowest BCUT2D eigenvalue weighted by molar-refractivity contribution is -0.0858. The molecule has 0 saturated carbocycles. The van der Waals surface area contributed by atoms with E-state index in [-0.39, 0.29) is 12.4 Å². The highest BCUT2D eigenvalue weighted by molar-refractivity contribution is 4.77. The lowest BCUT2D eigenvalue weighted by Gasteiger charge is -2.20. The van der Waals surface area contributed by atoms with E-state index in [9.17, 15) is 0 Å². The van der Waals surface area contributed by atoms with Crippen molar-refractivity contribution in [3.8, 4) is 0 Å². The molecule has 1 fully saturated rings. The number of likely N-dealkylation sites (N-methyl/N-ethyl adjacent to an activating group) is 1. The van der Waals surface area contributed by atoms with Gasteiger partial charge in [-0.25, -0.2) is 0 Å². The number of likely N-dealkylation sites (tertiary alicyclic amines) is 1. The highest BCUT2D eigenvalue weighted by atomic mass is 16.5. The molecule has 0 bridgehead atoms. The van der Waals surface area contributed by atoms with Crippen molar-refractivity contribution >= 4 is 0 Å². The number of rotatable bonds is 1. The van der Waals surface area contributed by atoms with Gasteiger partial charge in [-0.05, 0) is 26.4 Å². The number of aliphatic hydroxyl groups is 2. The molecule has 1 aliphatic rings. The summed E-state index contributed by atoms with van der Waals surface area (Å²) in [4.78, 5) is 1.81. The Kier molecular flexibility index (Phi) is 1.66. The van der Waals surface area contributed by atoms with Crippen LogP contribution in [0.4, 0.5) is 0 Å². The molecular weight excluding hydrogens is 118 g/mol. The summed E-state index contributed by atoms with van der Waals surface area (Å²) in [5.74, 6) is 0. The first-order valence-electron chi connectivity index (χ1n) is 3.67. The lowest BCUT2D eigenvalue weighted by atomic mass is 10.2. The SMILES string of the molecule is [3H][C@H]1CC(C(O)O)N(C)C1. The summed E-state index contributed by atoms with van der Waals surface area (Å²) in [5.41, 5.74) is 0. The Bertz CT molecular complexity index is 120. The predicted molar refractivity (Wildman–Crippen MR) is 33.9 cm³/mol. The van der Waals surface area contributed by atoms with E-state index < -0.39 is 6.29 Å². The average molecular weight is 133 g/mol. The molecule has 1 unspecified atom stereocenters. The summed E-state index contributed by atoms with van der Waals surface area (Å²) in [7, 11) is 1.80. The monoisotopic (exact) mass is 133 g/mol. The van der Waals surface area contributed by atoms with Crippen LogP contribution in [0.1, 0.15) is 14.2 Å². The summed E-state index contributed by atoms with van der Waals surface area (Å²) in [6.45, 7) is 0.641. The normalized spacial score (nSPS) is 39.8. The molecule has 0 aromatic carbocycles. The molecule has 1 rings (SSSR count). The van der Waals surface area contributed by atoms with Gasteiger partial charge in [0.2, 0.25) is 0 Å². The third kappa shape index (κ3) is 1.41. The number of hydrogen-bond donors (Lipinski definition) is 2. The fourth-order valence-electron chi connectivity index (χ4n) is 1.11. The molecular formula is C6H13NO2. The molecule has 1 saturated heterocycles. The van der Waals surface area contributed by atoms with E-state index in [0.717, 1.165) is 0 Å². The van der Waals surface area contributed by atoms with E-state index in [1.54, 1.807) is 7.05 Å². The van der Waals surface area contributed by atoms with Crippen molar-refractivity contribution in [3.05, 3.63) is 0 Å². The van der Waals surface area contributed by atoms with Crippen LogP contribution in [0, 0.1) is 0 Å². The Morgan fingerprint density at radius 1 is 1.78 bits per heavy atom. The molecule has 0 aromatic heterocycles. The molecule has 3 nitrogen and oxygen atoms in total. The minimum absolute atomic E-state index is 0.156. The maximum Gasteiger partial charge on any atom is 0.167 e. The van der Waals surface area contributed by atoms with Gasteiger partial charge in [-0.2, -0.15) is 0 Å². The second kappa shape index (κ2) is 2.64. The van der Waals surface area contributed by atoms with Crippen molar-refractivity contribution < 1.29 is 11.6 Å². The summed E-state index contributed by atoms with van der Waals surface area (Å²) in [6, 6.07) is -0.234. The van der Waals surface area contributed by atoms with E-state index in [4.69, 9.17) is 11.6 Å². The maximum atomic E-state index is 8.77. The second-order valence-corrected chi connectivity index (χ2v) is 2.44. The van der Waals surface area contributed by atoms with Crippen molar-refractivity contribution in [1.82, 2.24) is 4.90 Å². The van der Waals surface area contributed by atoms with Crippen LogP contribution in [0.25, 0.3) is 0 Å². The fraction of sp³-hybridized carbons (Fsp3) is 1.00. The number of aliphatic hydroxyl groups excluding tert-OH is 1. The standard InChI is InChI=1S/C6H13NO2/c1-7-4-2-3-5(7)6(8)9/h5-6,8-9H,2-4H2,1H3/i2T/t2-,5?/m0/s1. The van der Waals surface area contributed by atoms with E-state index >= 15 is 0 Å². The molecule has 3 heteroatoms. The van der Waals surface area contributed by atoms with E-state index in [1.807, 2.05) is 4.90 Å². The van der Waals surface area contributed by atoms with Crippen molar-refractivity contribution in [3.63, 3.8) is 0 Å². The fourth-order valence-corrected chi connectivity index (χ4v) is 1.11. The minimum Gasteiger partial charge on any atom is -0.367 e. The molecule has 54 valence electrons. The van der Waals surface area contributed by atoms with Gasteiger partial charge in [0.1, 0.15) is 0 Å². The van der Waals surface area contributed by atoms with Gasteiger partial charge in [-0.15, -0.1) is 0 Å². The average Bonchev–Trinajstić information content (AvgIpc) is 2.10. The van der Waals surface area contributed by atoms with Crippen molar-refractivity contribution in [2.24, 2.45) is 0 Å². The molecule has 0 spiro atoms. The molecule has 9 heavy (non-hydrogen) atoms. The quantitative estimate of drug-likeness (QED) is 0.469. The van der Waals surface area contributed by atoms with E-state index in [2.05, 4.69) is 0 Å². The van der Waals surface area contributed by atoms with Crippen LogP contribution in [0.5, 0.6) is 0 Å². The Morgan fingerprint density at radius 3 is 2.67 bits per heavy atom. The zero-order valence-electron chi connectivity index (χ0n) is 6.49. The Hall–Kier alpha value is -0.120. The van der Waals surface area contributed by atoms with Gasteiger partial charge in [0.15, 0.2) is 6.29 Å². The van der Waals surface area contributed by atoms with Gasteiger partial charge in [0.05, 0.1) is 6.04 Å². The Morgan fingerprint density at radius 2 is 2.44 bits per heavy atom. The molecule has 1 heterocycles. The van der Waals surface area contributed by atoms with E-state index in [0.29, 0.717) is 13.0 Å². The zero-order chi connectivity index (χ0) is 7.72. The molecule has 2 N–H and O–H groups in total. The predicted octanol–water partition coefficient (Wildman–Crippen LogP) is -0.609. The van der Waals surface area contributed by atoms with Crippen LogP contribution < -0.4 is 0 Å². The van der Waals surface area contributed by atoms with Crippen LogP contribution >= 0.6 is 0 Å². The maximum absolute atomic E-state index is 8.77. The first kappa shape index (κ1) is 5.65. The zero-order valence-corrected chi connectivity index (χ0v) is 5.49. The first-order chi connectivity index (χ1) is 4.61. The van der Waals surface area contributed by atoms with Gasteiger partial charge in [0, 0.05) is 1.37 Å². The number of nitrogens with zero attached hydrogens (tertiary/aromatic N) is 1. The summed E-state index contributed by atoms with van der Waals surface area (Å²) in [6.07, 6.45) is -0.883. The van der Waals surface area contributed by atoms with Crippen LogP contribution in [0.2, 0.25) is 0 Å². The lowest BCUT2D eigenvalue weighted by Crippen LogP contribution is -2.35. The summed E-state index contributed by atoms with van der Waals surface area (Å²) in [5, 5.41) is 17.5. The van der Waals surface area contributed by atoms with Gasteiger partial charge in [-0.1, -0.05) is 0 Å². The molecule has 2 atom stereocenters. The van der Waals surface area contributed by atoms with Gasteiger partial charge in [0.25, 0.3) is 0 Å². The van der Waals surface area contributed by atoms with Crippen LogP contribution in [-0.4, -0.2) is 41.0 Å². The smallest absolute Gasteiger partial charge is 0.167 e. The molecule has 1 aliphatic heterocycles. The number of hydrogen-bond acceptors (Lipinski definition) is 3. The largest absolute Gasteiger partial charge is 0.367 e. The van der Waals surface area contributed by atoms with Crippen molar-refractivity contribution in [2.45, 2.75) is 25.1 Å². The third-order valence-corrected chi connectivity index (χ3v) is 1.74. The van der Waals surface area contributed by atoms with Gasteiger partial charge < -0.3 is 10.2 Å². The molecule has 0 amide bonds. The molecule has 0 aromatic rings. The highest BCUT2D eigenvalue weighted by Gasteiger charge is 2.25. The van der Waals surface area contributed by atoms with Crippen molar-refractivity contribution in [1.29, 1.82) is 0 Å². The van der Waals surface area contributed by atoms with Crippen LogP contribution in [0.3, 0.4) is 0 Å². The second-order valence-electron chi connectivity index (χ2n) is 2.44. The minimum atomic E-state index is -1.29. The topological polar surface area (TPSA) is 43.7 Å². The Balaban J connectivity index is 2.46. The highest BCUT2D eigenvalue weighted by Crippen LogP contribution is 2.16. The first-order valence-corrected chi connectivity index (χ1v) is 3.10. The van der Waals surface area contributed by atoms with Gasteiger partial charge in [-0.3, -0.25) is 4.90 Å². The molecule has 0 radical (unpaired) electrons. The summed E-state index contributed by atoms with van der Waals surface area (Å²) >= 11 is 0.